The fourth-order valence-corrected chi connectivity index (χ4v) is 13.1. The van der Waals surface area contributed by atoms with Gasteiger partial charge in [0.1, 0.15) is 24.6 Å². The van der Waals surface area contributed by atoms with Crippen LogP contribution in [-0.2, 0) is 22.8 Å². The largest absolute Gasteiger partial charge is 0.546 e. The lowest BCUT2D eigenvalue weighted by atomic mass is 9.97. The molecular formula is C41H70O7Si3. The molecule has 0 saturated heterocycles. The molecule has 1 aliphatic carbocycles. The summed E-state index contributed by atoms with van der Waals surface area (Å²) < 4.78 is 31.7. The van der Waals surface area contributed by atoms with Crippen molar-refractivity contribution in [1.29, 1.82) is 0 Å². The molecule has 0 aromatic heterocycles. The van der Waals surface area contributed by atoms with Gasteiger partial charge >= 0.3 is 5.97 Å². The van der Waals surface area contributed by atoms with Gasteiger partial charge in [0.2, 0.25) is 8.32 Å². The van der Waals surface area contributed by atoms with Crippen LogP contribution >= 0.6 is 0 Å². The third-order valence-electron chi connectivity index (χ3n) is 11.5. The number of ether oxygens (including phenoxy) is 2. The van der Waals surface area contributed by atoms with E-state index in [9.17, 15) is 9.90 Å². The van der Waals surface area contributed by atoms with Crippen LogP contribution in [0.3, 0.4) is 0 Å². The average Bonchev–Trinajstić information content (AvgIpc) is 3.49. The van der Waals surface area contributed by atoms with Gasteiger partial charge in [0, 0.05) is 25.2 Å². The maximum absolute atomic E-state index is 12.7. The highest BCUT2D eigenvalue weighted by Crippen LogP contribution is 2.43. The van der Waals surface area contributed by atoms with Crippen molar-refractivity contribution < 1.29 is 32.7 Å². The number of hydrogen-bond acceptors (Lipinski definition) is 7. The van der Waals surface area contributed by atoms with Crippen LogP contribution in [0.5, 0.6) is 5.75 Å². The molecule has 0 fully saturated rings. The summed E-state index contributed by atoms with van der Waals surface area (Å²) in [5.74, 6) is 7.88. The molecule has 0 amide bonds. The van der Waals surface area contributed by atoms with Gasteiger partial charge in [-0.25, -0.2) is 4.79 Å². The Bertz CT molecular complexity index is 1300. The lowest BCUT2D eigenvalue weighted by molar-refractivity contribution is -0.150. The Morgan fingerprint density at radius 3 is 2.04 bits per heavy atom. The van der Waals surface area contributed by atoms with Gasteiger partial charge in [-0.3, -0.25) is 0 Å². The smallest absolute Gasteiger partial charge is 0.333 e. The van der Waals surface area contributed by atoms with Crippen molar-refractivity contribution in [3.63, 3.8) is 0 Å². The summed E-state index contributed by atoms with van der Waals surface area (Å²) in [4.78, 5) is 12.7. The summed E-state index contributed by atoms with van der Waals surface area (Å²) in [6.07, 6.45) is 4.80. The van der Waals surface area contributed by atoms with E-state index in [0.717, 1.165) is 60.6 Å². The predicted octanol–water partition coefficient (Wildman–Crippen LogP) is 10.4. The Balaban J connectivity index is 2.41. The number of methoxy groups -OCH3 is 1. The average molecular weight is 759 g/mol. The molecule has 0 heterocycles. The summed E-state index contributed by atoms with van der Waals surface area (Å²) in [5, 5.41) is 11.1. The lowest BCUT2D eigenvalue weighted by Gasteiger charge is -2.37. The van der Waals surface area contributed by atoms with Gasteiger partial charge in [-0.2, -0.15) is 0 Å². The van der Waals surface area contributed by atoms with E-state index in [4.69, 9.17) is 22.8 Å². The van der Waals surface area contributed by atoms with Crippen molar-refractivity contribution >= 4 is 30.9 Å². The number of benzene rings is 1. The van der Waals surface area contributed by atoms with Gasteiger partial charge in [-0.1, -0.05) is 105 Å². The van der Waals surface area contributed by atoms with E-state index in [0.29, 0.717) is 13.0 Å². The van der Waals surface area contributed by atoms with Crippen LogP contribution in [0.15, 0.2) is 53.8 Å². The van der Waals surface area contributed by atoms with Crippen LogP contribution < -0.4 is 4.74 Å². The molecule has 10 heteroatoms. The summed E-state index contributed by atoms with van der Waals surface area (Å²) in [5.41, 5.74) is 1.17. The van der Waals surface area contributed by atoms with Crippen LogP contribution in [0.1, 0.15) is 88.0 Å². The van der Waals surface area contributed by atoms with Crippen LogP contribution in [0.4, 0.5) is 0 Å². The van der Waals surface area contributed by atoms with Crippen LogP contribution in [0.2, 0.25) is 54.4 Å². The van der Waals surface area contributed by atoms with E-state index < -0.39 is 43.1 Å². The quantitative estimate of drug-likeness (QED) is 0.0578. The first-order valence-electron chi connectivity index (χ1n) is 19.4. The molecule has 1 aliphatic rings. The zero-order chi connectivity index (χ0) is 38.3. The number of carbonyl (C=O) groups is 1. The molecule has 1 aromatic rings. The van der Waals surface area contributed by atoms with E-state index in [-0.39, 0.29) is 23.5 Å². The zero-order valence-corrected chi connectivity index (χ0v) is 37.0. The van der Waals surface area contributed by atoms with E-state index >= 15 is 0 Å². The molecule has 0 aliphatic heterocycles. The van der Waals surface area contributed by atoms with Crippen molar-refractivity contribution in [3.8, 4) is 17.6 Å². The van der Waals surface area contributed by atoms with Crippen LogP contribution in [0, 0.1) is 17.8 Å². The summed E-state index contributed by atoms with van der Waals surface area (Å²) >= 11 is 0. The topological polar surface area (TPSA) is 83.5 Å². The highest BCUT2D eigenvalue weighted by Gasteiger charge is 2.41. The van der Waals surface area contributed by atoms with Gasteiger partial charge < -0.3 is 27.9 Å². The van der Waals surface area contributed by atoms with E-state index in [1.807, 2.05) is 30.3 Å². The maximum atomic E-state index is 12.7. The van der Waals surface area contributed by atoms with Gasteiger partial charge in [0.15, 0.2) is 16.6 Å². The van der Waals surface area contributed by atoms with Crippen molar-refractivity contribution in [2.24, 2.45) is 5.92 Å². The molecule has 288 valence electrons. The Morgan fingerprint density at radius 2 is 1.51 bits per heavy atom. The number of para-hydroxylation sites is 1. The molecule has 0 spiro atoms. The highest BCUT2D eigenvalue weighted by molar-refractivity contribution is 6.74. The molecule has 2 rings (SSSR count). The van der Waals surface area contributed by atoms with Gasteiger partial charge in [-0.15, -0.1) is 0 Å². The normalized spacial score (nSPS) is 17.5. The molecule has 0 bridgehead atoms. The number of carbonyl (C=O) groups excluding carboxylic acids is 1. The van der Waals surface area contributed by atoms with Crippen LogP contribution in [0.25, 0.3) is 0 Å². The van der Waals surface area contributed by atoms with E-state index in [1.165, 1.54) is 12.7 Å². The molecular weight excluding hydrogens is 689 g/mol. The minimum absolute atomic E-state index is 0.0555. The minimum Gasteiger partial charge on any atom is -0.546 e. The molecule has 3 unspecified atom stereocenters. The Hall–Kier alpha value is -2.14. The molecule has 0 saturated carbocycles. The van der Waals surface area contributed by atoms with Gasteiger partial charge in [0.25, 0.3) is 0 Å². The number of hydrogen-bond donors (Lipinski definition) is 1. The number of aliphatic hydroxyl groups is 1. The summed E-state index contributed by atoms with van der Waals surface area (Å²) in [6, 6.07) is 15.8. The minimum atomic E-state index is -2.11. The van der Waals surface area contributed by atoms with Gasteiger partial charge in [-0.05, 0) is 78.5 Å². The molecule has 0 radical (unpaired) electrons. The summed E-state index contributed by atoms with van der Waals surface area (Å²) in [6.45, 7) is 24.9. The number of rotatable bonds is 21. The third-order valence-corrected chi connectivity index (χ3v) is 25.2. The molecule has 51 heavy (non-hydrogen) atoms. The summed E-state index contributed by atoms with van der Waals surface area (Å²) in [7, 11) is -4.75. The second kappa shape index (κ2) is 20.9. The Kier molecular flexibility index (Phi) is 18.5. The van der Waals surface area contributed by atoms with Crippen molar-refractivity contribution in [3.05, 3.63) is 53.8 Å². The fourth-order valence-electron chi connectivity index (χ4n) is 6.40. The molecule has 1 N–H and O–H groups in total. The number of esters is 1. The highest BCUT2D eigenvalue weighted by atomic mass is 28.4. The number of aliphatic hydroxyl groups excluding tert-OH is 1. The first-order valence-corrected chi connectivity index (χ1v) is 27.4. The number of allylic oxidation sites excluding steroid dienone is 3. The van der Waals surface area contributed by atoms with Crippen molar-refractivity contribution in [1.82, 2.24) is 0 Å². The van der Waals surface area contributed by atoms with Gasteiger partial charge in [0.05, 0.1) is 19.0 Å². The SMILES string of the molecule is CC[Si](CC)(CC)OC(C=C[C@H]1CCC(O[Si](C)(C)C(C)(C)C)=C1CC#CC(O)CC(O[Si](CC)(CC)CC)C(=O)OC)COc1ccccc1. The van der Waals surface area contributed by atoms with E-state index in [1.54, 1.807) is 0 Å². The molecule has 1 aromatic carbocycles. The standard InChI is InChI=1S/C41H70O7Si3/c1-13-50(14-2,15-3)46-36(32-45-35-24-20-19-21-25-35)29-27-33-28-30-38(47-49(11,12)41(7,8)9)37(33)26-22-23-34(42)31-39(40(43)44-10)48-51(16-4,17-5)18-6/h19-21,24-25,27,29,33-34,36,39,42H,13-18,26,28,30-32H2,1-12H3/t33-,34?,36?,39?/m0/s1. The first-order chi connectivity index (χ1) is 24.1. The second-order valence-electron chi connectivity index (χ2n) is 15.5. The Morgan fingerprint density at radius 1 is 0.941 bits per heavy atom. The Labute approximate surface area is 314 Å². The van der Waals surface area contributed by atoms with E-state index in [2.05, 4.69) is 99.4 Å². The fraction of sp³-hybridized carbons (Fsp3) is 0.683. The zero-order valence-electron chi connectivity index (χ0n) is 34.0. The lowest BCUT2D eigenvalue weighted by Crippen LogP contribution is -2.44. The molecule has 7 nitrogen and oxygen atoms in total. The molecule has 4 atom stereocenters. The maximum Gasteiger partial charge on any atom is 0.333 e. The second-order valence-corrected chi connectivity index (χ2v) is 29.7. The van der Waals surface area contributed by atoms with Crippen molar-refractivity contribution in [2.45, 2.75) is 161 Å². The third kappa shape index (κ3) is 13.3. The predicted molar refractivity (Wildman–Crippen MR) is 218 cm³/mol. The van der Waals surface area contributed by atoms with Crippen molar-refractivity contribution in [2.75, 3.05) is 13.7 Å². The monoisotopic (exact) mass is 758 g/mol. The van der Waals surface area contributed by atoms with Crippen LogP contribution in [-0.4, -0.2) is 68.1 Å². The first kappa shape index (κ1) is 45.0.